The number of phosphoric acid groups is 1. The predicted molar refractivity (Wildman–Crippen MR) is 64.6 cm³/mol. The summed E-state index contributed by atoms with van der Waals surface area (Å²) >= 11 is 0. The normalized spacial score (nSPS) is 11.3. The van der Waals surface area contributed by atoms with Gasteiger partial charge in [0, 0.05) is 42.2 Å². The van der Waals surface area contributed by atoms with Gasteiger partial charge >= 0.3 is 60.4 Å². The fourth-order valence-corrected chi connectivity index (χ4v) is 2.19. The van der Waals surface area contributed by atoms with Gasteiger partial charge in [-0.15, -0.1) is 0 Å². The van der Waals surface area contributed by atoms with E-state index >= 15 is 0 Å². The number of phosphoric ester groups is 1. The van der Waals surface area contributed by atoms with Crippen molar-refractivity contribution in [2.24, 2.45) is 0 Å². The van der Waals surface area contributed by atoms with E-state index in [2.05, 4.69) is 9.05 Å². The number of hydrogen-bond acceptors (Lipinski definition) is 8. The molecule has 0 aromatic carbocycles. The van der Waals surface area contributed by atoms with Gasteiger partial charge in [-0.3, -0.25) is 4.57 Å². The topological polar surface area (TPSA) is 95.5 Å². The van der Waals surface area contributed by atoms with Crippen molar-refractivity contribution in [2.45, 2.75) is 13.3 Å². The molecule has 0 heterocycles. The third-order valence-corrected chi connectivity index (χ3v) is 4.63. The van der Waals surface area contributed by atoms with E-state index in [1.54, 1.807) is 0 Å². The van der Waals surface area contributed by atoms with Gasteiger partial charge in [-0.25, -0.2) is 0 Å². The van der Waals surface area contributed by atoms with E-state index in [0.717, 1.165) is 20.6 Å². The summed E-state index contributed by atoms with van der Waals surface area (Å²) in [6.45, 7) is 2.61. The van der Waals surface area contributed by atoms with Gasteiger partial charge in [0.2, 0.25) is 0 Å². The summed E-state index contributed by atoms with van der Waals surface area (Å²) in [5.74, 6) is 0. The zero-order valence-corrected chi connectivity index (χ0v) is 17.6. The van der Waals surface area contributed by atoms with Crippen molar-refractivity contribution >= 4 is 16.9 Å². The van der Waals surface area contributed by atoms with Crippen LogP contribution < -0.4 is 56.3 Å². The van der Waals surface area contributed by atoms with Crippen molar-refractivity contribution < 1.29 is 87.6 Å². The minimum Gasteiger partial charge on any atom is -0.756 e. The molecule has 0 fully saturated rings. The zero-order chi connectivity index (χ0) is 14.7. The monoisotopic (exact) mass is 344 g/mol. The minimum atomic E-state index is -3.90. The smallest absolute Gasteiger partial charge is 0.756 e. The Morgan fingerprint density at radius 3 is 1.53 bits per heavy atom. The van der Waals surface area contributed by atoms with E-state index < -0.39 is 16.9 Å². The van der Waals surface area contributed by atoms with Crippen LogP contribution in [0.25, 0.3) is 0 Å². The molecule has 0 atom stereocenters. The summed E-state index contributed by atoms with van der Waals surface area (Å²) in [5.41, 5.74) is 0. The molecule has 112 valence electrons. The molecule has 0 aliphatic rings. The Morgan fingerprint density at radius 1 is 1.00 bits per heavy atom. The van der Waals surface area contributed by atoms with Gasteiger partial charge in [0.1, 0.15) is 0 Å². The summed E-state index contributed by atoms with van der Waals surface area (Å²) < 4.78 is 38.0. The molecule has 0 aromatic heterocycles. The molecule has 11 heteroatoms. The largest absolute Gasteiger partial charge is 1.00 e. The Bertz CT molecular complexity index is 225. The third kappa shape index (κ3) is 13.2. The average molecular weight is 344 g/mol. The molecule has 0 aliphatic heterocycles. The molecule has 0 bridgehead atoms. The second kappa shape index (κ2) is 14.7. The van der Waals surface area contributed by atoms with Crippen LogP contribution >= 0.6 is 7.82 Å². The first-order valence-corrected chi connectivity index (χ1v) is 8.18. The van der Waals surface area contributed by atoms with Crippen LogP contribution in [-0.2, 0) is 31.3 Å². The van der Waals surface area contributed by atoms with Gasteiger partial charge in [-0.1, -0.05) is 6.92 Å². The number of rotatable bonds is 8. The maximum Gasteiger partial charge on any atom is 1.00 e. The molecule has 0 unspecified atom stereocenters. The van der Waals surface area contributed by atoms with E-state index in [4.69, 9.17) is 17.7 Å². The quantitative estimate of drug-likeness (QED) is 0.353. The van der Waals surface area contributed by atoms with E-state index in [0.29, 0.717) is 6.61 Å². The van der Waals surface area contributed by atoms with Gasteiger partial charge in [-0.2, -0.15) is 0 Å². The van der Waals surface area contributed by atoms with Crippen molar-refractivity contribution in [1.82, 2.24) is 0 Å². The third-order valence-electron chi connectivity index (χ3n) is 1.68. The summed E-state index contributed by atoms with van der Waals surface area (Å²) in [6, 6.07) is 0. The molecular weight excluding hydrogens is 322 g/mol. The summed E-state index contributed by atoms with van der Waals surface area (Å²) in [5, 5.41) is 0. The molecule has 0 radical (unpaired) electrons. The van der Waals surface area contributed by atoms with Crippen LogP contribution in [0.15, 0.2) is 0 Å². The first-order valence-electron chi connectivity index (χ1n) is 5.08. The number of hydrogen-bond donors (Lipinski definition) is 0. The first kappa shape index (κ1) is 25.7. The molecule has 8 nitrogen and oxygen atoms in total. The van der Waals surface area contributed by atoms with Gasteiger partial charge < -0.3 is 31.6 Å². The Morgan fingerprint density at radius 2 is 1.37 bits per heavy atom. The summed E-state index contributed by atoms with van der Waals surface area (Å²) in [6.07, 6.45) is 0.921. The van der Waals surface area contributed by atoms with Crippen molar-refractivity contribution in [3.8, 4) is 0 Å². The summed E-state index contributed by atoms with van der Waals surface area (Å²) in [7, 11) is 0.00334. The van der Waals surface area contributed by atoms with Crippen LogP contribution in [0, 0.1) is 0 Å². The first-order chi connectivity index (χ1) is 8.36. The second-order valence-electron chi connectivity index (χ2n) is 2.77. The molecule has 0 N–H and O–H groups in total. The van der Waals surface area contributed by atoms with Crippen LogP contribution in [0.1, 0.15) is 13.3 Å². The van der Waals surface area contributed by atoms with E-state index in [1.165, 1.54) is 21.3 Å². The van der Waals surface area contributed by atoms with Crippen LogP contribution in [0.5, 0.6) is 0 Å². The molecule has 0 amide bonds. The van der Waals surface area contributed by atoms with Gasteiger partial charge in [0.05, 0.1) is 0 Å². The van der Waals surface area contributed by atoms with Crippen molar-refractivity contribution in [2.75, 3.05) is 42.2 Å². The maximum absolute atomic E-state index is 9.95. The van der Waals surface area contributed by atoms with Crippen LogP contribution in [0.4, 0.5) is 0 Å². The van der Waals surface area contributed by atoms with Crippen molar-refractivity contribution in [1.29, 1.82) is 0 Å². The predicted octanol–water partition coefficient (Wildman–Crippen LogP) is -2.46. The van der Waals surface area contributed by atoms with Gasteiger partial charge in [-0.05, 0) is 6.42 Å². The molecule has 0 rings (SSSR count). The average Bonchev–Trinajstić information content (AvgIpc) is 2.42. The standard InChI is InChI=1S/C6H16O4Si.C2H7O4P.K/c1-5-6-10-11(7-2,8-3)9-4;1-5-7(3,4)6-2;/h5-6H2,1-4H3;1-2H3,(H,3,4);/q;;+1/p-1. The van der Waals surface area contributed by atoms with Crippen molar-refractivity contribution in [3.05, 3.63) is 0 Å². The Labute approximate surface area is 158 Å². The van der Waals surface area contributed by atoms with Gasteiger partial charge in [0.15, 0.2) is 0 Å². The molecule has 19 heavy (non-hydrogen) atoms. The van der Waals surface area contributed by atoms with Gasteiger partial charge in [0.25, 0.3) is 7.82 Å². The Hall–Kier alpha value is 1.80. The molecule has 0 spiro atoms. The summed E-state index contributed by atoms with van der Waals surface area (Å²) in [4.78, 5) is 9.95. The van der Waals surface area contributed by atoms with E-state index in [1.807, 2.05) is 6.92 Å². The Kier molecular flexibility index (Phi) is 20.0. The van der Waals surface area contributed by atoms with Crippen LogP contribution in [0.3, 0.4) is 0 Å². The van der Waals surface area contributed by atoms with Crippen LogP contribution in [0.2, 0.25) is 0 Å². The Balaban J connectivity index is -0.000000280. The minimum absolute atomic E-state index is 0. The molecular formula is C8H22KO8PSi. The van der Waals surface area contributed by atoms with E-state index in [9.17, 15) is 9.46 Å². The molecule has 0 saturated heterocycles. The molecule has 0 saturated carbocycles. The van der Waals surface area contributed by atoms with Crippen molar-refractivity contribution in [3.63, 3.8) is 0 Å². The molecule has 0 aliphatic carbocycles. The molecule has 0 aromatic rings. The SMILES string of the molecule is CCCO[Si](OC)(OC)OC.COP(=O)([O-])OC.[K+]. The second-order valence-corrected chi connectivity index (χ2v) is 6.91. The fraction of sp³-hybridized carbons (Fsp3) is 1.00. The maximum atomic E-state index is 9.95. The zero-order valence-electron chi connectivity index (χ0n) is 12.6. The fourth-order valence-electron chi connectivity index (χ4n) is 0.728. The van der Waals surface area contributed by atoms with E-state index in [-0.39, 0.29) is 51.4 Å². The van der Waals surface area contributed by atoms with Crippen LogP contribution in [-0.4, -0.2) is 51.2 Å².